The van der Waals surface area contributed by atoms with Gasteiger partial charge >= 0.3 is 5.97 Å². The Bertz CT molecular complexity index is 453. The number of aliphatic carboxylic acids is 1. The molecule has 1 saturated carbocycles. The second kappa shape index (κ2) is 3.74. The molecule has 1 fully saturated rings. The largest absolute Gasteiger partial charge is 0.481 e. The van der Waals surface area contributed by atoms with Crippen LogP contribution < -0.4 is 0 Å². The van der Waals surface area contributed by atoms with E-state index in [-0.39, 0.29) is 5.02 Å². The highest BCUT2D eigenvalue weighted by Gasteiger charge is 2.48. The number of hydrogen-bond acceptors (Lipinski definition) is 1. The van der Waals surface area contributed by atoms with E-state index in [1.54, 1.807) is 13.0 Å². The lowest BCUT2D eigenvalue weighted by atomic mass is 9.63. The summed E-state index contributed by atoms with van der Waals surface area (Å²) in [5.74, 6) is -1.45. The Balaban J connectivity index is 2.63. The number of carboxylic acid groups (broad SMARTS) is 1. The molecule has 0 radical (unpaired) electrons. The third-order valence-electron chi connectivity index (χ3n) is 3.40. The first-order valence-electron chi connectivity index (χ1n) is 5.17. The summed E-state index contributed by atoms with van der Waals surface area (Å²) in [5, 5.41) is 9.26. The minimum absolute atomic E-state index is 0.0397. The Hall–Kier alpha value is -1.09. The number of carboxylic acids is 1. The zero-order valence-corrected chi connectivity index (χ0v) is 9.64. The molecular formula is C12H12ClFO2. The summed E-state index contributed by atoms with van der Waals surface area (Å²) >= 11 is 5.90. The molecule has 0 bridgehead atoms. The standard InChI is InChI=1S/C12H12ClFO2/c1-7-3-4-8(14)10(13)9(7)12(11(15)16)5-2-6-12/h3-4H,2,5-6H2,1H3,(H,15,16). The molecule has 0 amide bonds. The van der Waals surface area contributed by atoms with Gasteiger partial charge in [-0.15, -0.1) is 0 Å². The molecule has 0 aromatic heterocycles. The topological polar surface area (TPSA) is 37.3 Å². The van der Waals surface area contributed by atoms with Crippen LogP contribution in [0.25, 0.3) is 0 Å². The molecule has 1 aromatic carbocycles. The fraction of sp³-hybridized carbons (Fsp3) is 0.417. The number of halogens is 2. The van der Waals surface area contributed by atoms with Gasteiger partial charge in [0.15, 0.2) is 0 Å². The van der Waals surface area contributed by atoms with Gasteiger partial charge in [0.1, 0.15) is 5.82 Å². The zero-order chi connectivity index (χ0) is 11.9. The van der Waals surface area contributed by atoms with E-state index in [2.05, 4.69) is 0 Å². The number of hydrogen-bond donors (Lipinski definition) is 1. The van der Waals surface area contributed by atoms with Gasteiger partial charge in [0.25, 0.3) is 0 Å². The molecular weight excluding hydrogens is 231 g/mol. The fourth-order valence-corrected chi connectivity index (χ4v) is 2.73. The van der Waals surface area contributed by atoms with E-state index < -0.39 is 17.2 Å². The van der Waals surface area contributed by atoms with Gasteiger partial charge in [-0.05, 0) is 37.0 Å². The highest BCUT2D eigenvalue weighted by Crippen LogP contribution is 2.48. The van der Waals surface area contributed by atoms with E-state index in [1.807, 2.05) is 0 Å². The van der Waals surface area contributed by atoms with Crippen molar-refractivity contribution in [3.05, 3.63) is 34.1 Å². The van der Waals surface area contributed by atoms with Crippen molar-refractivity contribution in [3.63, 3.8) is 0 Å². The van der Waals surface area contributed by atoms with Gasteiger partial charge in [0, 0.05) is 0 Å². The SMILES string of the molecule is Cc1ccc(F)c(Cl)c1C1(C(=O)O)CCC1. The Labute approximate surface area is 98.0 Å². The summed E-state index contributed by atoms with van der Waals surface area (Å²) < 4.78 is 13.4. The van der Waals surface area contributed by atoms with Crippen LogP contribution in [0.2, 0.25) is 5.02 Å². The van der Waals surface area contributed by atoms with Crippen LogP contribution in [-0.4, -0.2) is 11.1 Å². The van der Waals surface area contributed by atoms with Crippen LogP contribution in [0.3, 0.4) is 0 Å². The molecule has 1 N–H and O–H groups in total. The Morgan fingerprint density at radius 2 is 2.12 bits per heavy atom. The summed E-state index contributed by atoms with van der Waals surface area (Å²) in [6.07, 6.45) is 1.91. The lowest BCUT2D eigenvalue weighted by molar-refractivity contribution is -0.147. The van der Waals surface area contributed by atoms with E-state index in [4.69, 9.17) is 11.6 Å². The highest BCUT2D eigenvalue weighted by atomic mass is 35.5. The van der Waals surface area contributed by atoms with Crippen LogP contribution in [-0.2, 0) is 10.2 Å². The molecule has 1 aromatic rings. The van der Waals surface area contributed by atoms with E-state index in [1.165, 1.54) is 6.07 Å². The highest BCUT2D eigenvalue weighted by molar-refractivity contribution is 6.32. The van der Waals surface area contributed by atoms with Crippen molar-refractivity contribution in [2.45, 2.75) is 31.6 Å². The molecule has 16 heavy (non-hydrogen) atoms. The zero-order valence-electron chi connectivity index (χ0n) is 8.89. The van der Waals surface area contributed by atoms with Crippen LogP contribution in [0.1, 0.15) is 30.4 Å². The van der Waals surface area contributed by atoms with Crippen molar-refractivity contribution < 1.29 is 14.3 Å². The molecule has 1 aliphatic rings. The van der Waals surface area contributed by atoms with Gasteiger partial charge in [-0.2, -0.15) is 0 Å². The average molecular weight is 243 g/mol. The Morgan fingerprint density at radius 1 is 1.50 bits per heavy atom. The molecule has 86 valence electrons. The lowest BCUT2D eigenvalue weighted by Crippen LogP contribution is -2.43. The van der Waals surface area contributed by atoms with Gasteiger partial charge in [-0.25, -0.2) is 4.39 Å². The van der Waals surface area contributed by atoms with Gasteiger partial charge in [-0.1, -0.05) is 24.1 Å². The second-order valence-electron chi connectivity index (χ2n) is 4.29. The lowest BCUT2D eigenvalue weighted by Gasteiger charge is -2.39. The van der Waals surface area contributed by atoms with Gasteiger partial charge in [-0.3, -0.25) is 4.79 Å². The minimum atomic E-state index is -0.969. The maximum absolute atomic E-state index is 13.4. The van der Waals surface area contributed by atoms with Crippen molar-refractivity contribution in [2.24, 2.45) is 0 Å². The molecule has 0 unspecified atom stereocenters. The normalized spacial score (nSPS) is 17.9. The Morgan fingerprint density at radius 3 is 2.56 bits per heavy atom. The molecule has 2 rings (SSSR count). The van der Waals surface area contributed by atoms with Gasteiger partial charge in [0.05, 0.1) is 10.4 Å². The van der Waals surface area contributed by atoms with Crippen LogP contribution in [0, 0.1) is 12.7 Å². The summed E-state index contributed by atoms with van der Waals surface area (Å²) in [6.45, 7) is 1.77. The minimum Gasteiger partial charge on any atom is -0.481 e. The van der Waals surface area contributed by atoms with E-state index in [0.29, 0.717) is 18.4 Å². The number of carbonyl (C=O) groups is 1. The maximum Gasteiger partial charge on any atom is 0.314 e. The third-order valence-corrected chi connectivity index (χ3v) is 3.77. The third kappa shape index (κ3) is 1.42. The Kier molecular flexibility index (Phi) is 2.66. The maximum atomic E-state index is 13.4. The molecule has 0 atom stereocenters. The van der Waals surface area contributed by atoms with Crippen LogP contribution in [0.4, 0.5) is 4.39 Å². The van der Waals surface area contributed by atoms with Gasteiger partial charge < -0.3 is 5.11 Å². The van der Waals surface area contributed by atoms with Gasteiger partial charge in [0.2, 0.25) is 0 Å². The summed E-state index contributed by atoms with van der Waals surface area (Å²) in [4.78, 5) is 11.3. The van der Waals surface area contributed by atoms with E-state index in [0.717, 1.165) is 12.0 Å². The van der Waals surface area contributed by atoms with Crippen LogP contribution in [0.5, 0.6) is 0 Å². The molecule has 0 aliphatic heterocycles. The predicted molar refractivity (Wildman–Crippen MR) is 59.3 cm³/mol. The number of aryl methyl sites for hydroxylation is 1. The van der Waals surface area contributed by atoms with Crippen molar-refractivity contribution in [1.29, 1.82) is 0 Å². The number of rotatable bonds is 2. The second-order valence-corrected chi connectivity index (χ2v) is 4.67. The monoisotopic (exact) mass is 242 g/mol. The summed E-state index contributed by atoms with van der Waals surface area (Å²) in [7, 11) is 0. The van der Waals surface area contributed by atoms with E-state index in [9.17, 15) is 14.3 Å². The predicted octanol–water partition coefficient (Wildman–Crippen LogP) is 3.29. The average Bonchev–Trinajstić information content (AvgIpc) is 2.15. The molecule has 0 saturated heterocycles. The van der Waals surface area contributed by atoms with Crippen LogP contribution >= 0.6 is 11.6 Å². The number of benzene rings is 1. The molecule has 0 heterocycles. The first-order valence-corrected chi connectivity index (χ1v) is 5.55. The molecule has 2 nitrogen and oxygen atoms in total. The fourth-order valence-electron chi connectivity index (χ4n) is 2.34. The van der Waals surface area contributed by atoms with Crippen molar-refractivity contribution in [2.75, 3.05) is 0 Å². The molecule has 1 aliphatic carbocycles. The first kappa shape index (κ1) is 11.4. The molecule has 4 heteroatoms. The summed E-state index contributed by atoms with van der Waals surface area (Å²) in [6, 6.07) is 2.86. The first-order chi connectivity index (χ1) is 7.49. The van der Waals surface area contributed by atoms with Crippen LogP contribution in [0.15, 0.2) is 12.1 Å². The van der Waals surface area contributed by atoms with Crippen molar-refractivity contribution in [3.8, 4) is 0 Å². The van der Waals surface area contributed by atoms with Crippen molar-refractivity contribution in [1.82, 2.24) is 0 Å². The van der Waals surface area contributed by atoms with E-state index >= 15 is 0 Å². The summed E-state index contributed by atoms with van der Waals surface area (Å²) in [5.41, 5.74) is 0.227. The smallest absolute Gasteiger partial charge is 0.314 e. The molecule has 0 spiro atoms. The quantitative estimate of drug-likeness (QED) is 0.864. The van der Waals surface area contributed by atoms with Crippen molar-refractivity contribution >= 4 is 17.6 Å².